The SMILES string of the molecule is CC(=O)c1cc(C(=O)N[C@@H]2CC3(CCOCC3)Oc3ccccc32)cs1. The smallest absolute Gasteiger partial charge is 0.252 e. The Bertz CT molecular complexity index is 838. The fourth-order valence-corrected chi connectivity index (χ4v) is 4.47. The van der Waals surface area contributed by atoms with E-state index in [0.29, 0.717) is 23.7 Å². The third-order valence-corrected chi connectivity index (χ3v) is 6.15. The van der Waals surface area contributed by atoms with Crippen molar-refractivity contribution < 1.29 is 19.1 Å². The number of nitrogens with one attached hydrogen (secondary N) is 1. The number of para-hydroxylation sites is 1. The van der Waals surface area contributed by atoms with Crippen LogP contribution in [-0.2, 0) is 4.74 Å². The van der Waals surface area contributed by atoms with Crippen LogP contribution in [0, 0.1) is 0 Å². The molecule has 0 saturated carbocycles. The molecule has 4 rings (SSSR count). The monoisotopic (exact) mass is 371 g/mol. The van der Waals surface area contributed by atoms with E-state index in [4.69, 9.17) is 9.47 Å². The molecular weight excluding hydrogens is 350 g/mol. The van der Waals surface area contributed by atoms with E-state index in [1.807, 2.05) is 24.3 Å². The summed E-state index contributed by atoms with van der Waals surface area (Å²) in [5.74, 6) is 0.657. The van der Waals surface area contributed by atoms with E-state index in [9.17, 15) is 9.59 Å². The zero-order valence-corrected chi connectivity index (χ0v) is 15.4. The molecule has 1 amide bonds. The van der Waals surface area contributed by atoms with Gasteiger partial charge in [-0.05, 0) is 19.1 Å². The molecule has 6 heteroatoms. The van der Waals surface area contributed by atoms with Crippen LogP contribution < -0.4 is 10.1 Å². The Morgan fingerprint density at radius 2 is 2.00 bits per heavy atom. The van der Waals surface area contributed by atoms with Gasteiger partial charge in [0, 0.05) is 30.2 Å². The summed E-state index contributed by atoms with van der Waals surface area (Å²) in [4.78, 5) is 24.8. The number of fused-ring (bicyclic) bond motifs is 1. The van der Waals surface area contributed by atoms with Gasteiger partial charge in [-0.2, -0.15) is 0 Å². The van der Waals surface area contributed by atoms with Gasteiger partial charge in [-0.3, -0.25) is 9.59 Å². The molecule has 3 heterocycles. The molecular formula is C20H21NO4S. The molecule has 1 N–H and O–H groups in total. The average Bonchev–Trinajstić information content (AvgIpc) is 3.13. The maximum Gasteiger partial charge on any atom is 0.252 e. The number of ketones is 1. The second kappa shape index (κ2) is 6.85. The van der Waals surface area contributed by atoms with Gasteiger partial charge in [0.1, 0.15) is 11.4 Å². The Kier molecular flexibility index (Phi) is 4.54. The summed E-state index contributed by atoms with van der Waals surface area (Å²) >= 11 is 1.30. The molecule has 0 aliphatic carbocycles. The van der Waals surface area contributed by atoms with Crippen LogP contribution in [0.2, 0.25) is 0 Å². The largest absolute Gasteiger partial charge is 0.487 e. The Hall–Kier alpha value is -2.18. The number of ether oxygens (including phenoxy) is 2. The topological polar surface area (TPSA) is 64.6 Å². The van der Waals surface area contributed by atoms with E-state index in [1.165, 1.54) is 18.3 Å². The van der Waals surface area contributed by atoms with Crippen LogP contribution in [0.3, 0.4) is 0 Å². The van der Waals surface area contributed by atoms with Gasteiger partial charge >= 0.3 is 0 Å². The number of hydrogen-bond donors (Lipinski definition) is 1. The zero-order valence-electron chi connectivity index (χ0n) is 14.6. The van der Waals surface area contributed by atoms with Crippen molar-refractivity contribution in [1.82, 2.24) is 5.32 Å². The minimum absolute atomic E-state index is 0.0216. The Balaban J connectivity index is 1.59. The van der Waals surface area contributed by atoms with Crippen molar-refractivity contribution in [2.45, 2.75) is 37.8 Å². The average molecular weight is 371 g/mol. The van der Waals surface area contributed by atoms with Gasteiger partial charge in [0.15, 0.2) is 5.78 Å². The number of amides is 1. The molecule has 136 valence electrons. The van der Waals surface area contributed by atoms with Gasteiger partial charge < -0.3 is 14.8 Å². The lowest BCUT2D eigenvalue weighted by atomic mass is 9.82. The Morgan fingerprint density at radius 1 is 1.23 bits per heavy atom. The van der Waals surface area contributed by atoms with E-state index in [-0.39, 0.29) is 23.3 Å². The molecule has 5 nitrogen and oxygen atoms in total. The van der Waals surface area contributed by atoms with Gasteiger partial charge in [0.25, 0.3) is 5.91 Å². The zero-order chi connectivity index (χ0) is 18.1. The van der Waals surface area contributed by atoms with E-state index in [2.05, 4.69) is 5.32 Å². The molecule has 2 aliphatic heterocycles. The summed E-state index contributed by atoms with van der Waals surface area (Å²) in [7, 11) is 0. The van der Waals surface area contributed by atoms with Crippen molar-refractivity contribution >= 4 is 23.0 Å². The predicted molar refractivity (Wildman–Crippen MR) is 99.0 cm³/mol. The van der Waals surface area contributed by atoms with Crippen LogP contribution in [0.5, 0.6) is 5.75 Å². The minimum Gasteiger partial charge on any atom is -0.487 e. The lowest BCUT2D eigenvalue weighted by Gasteiger charge is -2.44. The van der Waals surface area contributed by atoms with Gasteiger partial charge in [0.2, 0.25) is 0 Å². The van der Waals surface area contributed by atoms with E-state index in [0.717, 1.165) is 30.6 Å². The summed E-state index contributed by atoms with van der Waals surface area (Å²) in [5.41, 5.74) is 1.24. The second-order valence-electron chi connectivity index (χ2n) is 6.92. The summed E-state index contributed by atoms with van der Waals surface area (Å²) in [6, 6.07) is 9.42. The fraction of sp³-hybridized carbons (Fsp3) is 0.400. The first-order chi connectivity index (χ1) is 12.6. The van der Waals surface area contributed by atoms with Crippen LogP contribution in [0.4, 0.5) is 0 Å². The third-order valence-electron chi connectivity index (χ3n) is 5.12. The van der Waals surface area contributed by atoms with Gasteiger partial charge in [-0.1, -0.05) is 18.2 Å². The molecule has 1 atom stereocenters. The normalized spacial score (nSPS) is 20.9. The van der Waals surface area contributed by atoms with E-state index < -0.39 is 0 Å². The molecule has 0 bridgehead atoms. The Labute approximate surface area is 156 Å². The molecule has 1 saturated heterocycles. The summed E-state index contributed by atoms with van der Waals surface area (Å²) in [5, 5.41) is 4.89. The van der Waals surface area contributed by atoms with Crippen molar-refractivity contribution in [3.8, 4) is 5.75 Å². The molecule has 1 spiro atoms. The van der Waals surface area contributed by atoms with Crippen LogP contribution in [-0.4, -0.2) is 30.5 Å². The van der Waals surface area contributed by atoms with E-state index >= 15 is 0 Å². The van der Waals surface area contributed by atoms with Crippen molar-refractivity contribution in [3.63, 3.8) is 0 Å². The molecule has 0 unspecified atom stereocenters. The van der Waals surface area contributed by atoms with Crippen LogP contribution >= 0.6 is 11.3 Å². The highest BCUT2D eigenvalue weighted by Crippen LogP contribution is 2.44. The highest BCUT2D eigenvalue weighted by atomic mass is 32.1. The standard InChI is InChI=1S/C20H21NO4S/c1-13(22)18-10-14(12-26-18)19(23)21-16-11-20(6-8-24-9-7-20)25-17-5-3-2-4-15(16)17/h2-5,10,12,16H,6-9,11H2,1H3,(H,21,23)/t16-/m1/s1. The number of rotatable bonds is 3. The first-order valence-corrected chi connectivity index (χ1v) is 9.70. The van der Waals surface area contributed by atoms with Crippen molar-refractivity contribution in [2.24, 2.45) is 0 Å². The number of Topliss-reactive ketones (excluding diaryl/α,β-unsaturated/α-hetero) is 1. The summed E-state index contributed by atoms with van der Waals surface area (Å²) in [6.07, 6.45) is 2.37. The number of carbonyl (C=O) groups excluding carboxylic acids is 2. The highest BCUT2D eigenvalue weighted by Gasteiger charge is 2.42. The number of benzene rings is 1. The minimum atomic E-state index is -0.288. The quantitative estimate of drug-likeness (QED) is 0.835. The summed E-state index contributed by atoms with van der Waals surface area (Å²) in [6.45, 7) is 2.86. The first kappa shape index (κ1) is 17.2. The second-order valence-corrected chi connectivity index (χ2v) is 7.83. The van der Waals surface area contributed by atoms with Gasteiger partial charge in [-0.15, -0.1) is 11.3 Å². The molecule has 26 heavy (non-hydrogen) atoms. The Morgan fingerprint density at radius 3 is 2.73 bits per heavy atom. The number of hydrogen-bond acceptors (Lipinski definition) is 5. The molecule has 1 aromatic heterocycles. The first-order valence-electron chi connectivity index (χ1n) is 8.82. The predicted octanol–water partition coefficient (Wildman–Crippen LogP) is 3.75. The molecule has 2 aromatic rings. The molecule has 0 radical (unpaired) electrons. The summed E-state index contributed by atoms with van der Waals surface area (Å²) < 4.78 is 11.8. The third kappa shape index (κ3) is 3.27. The number of thiophene rings is 1. The van der Waals surface area contributed by atoms with Crippen molar-refractivity contribution in [2.75, 3.05) is 13.2 Å². The van der Waals surface area contributed by atoms with Gasteiger partial charge in [0.05, 0.1) is 29.7 Å². The van der Waals surface area contributed by atoms with E-state index in [1.54, 1.807) is 11.4 Å². The van der Waals surface area contributed by atoms with Crippen LogP contribution in [0.25, 0.3) is 0 Å². The maximum absolute atomic E-state index is 12.7. The lowest BCUT2D eigenvalue weighted by molar-refractivity contribution is -0.0639. The van der Waals surface area contributed by atoms with Crippen LogP contribution in [0.1, 0.15) is 57.8 Å². The van der Waals surface area contributed by atoms with Crippen molar-refractivity contribution in [1.29, 1.82) is 0 Å². The number of carbonyl (C=O) groups is 2. The van der Waals surface area contributed by atoms with Crippen LogP contribution in [0.15, 0.2) is 35.7 Å². The lowest BCUT2D eigenvalue weighted by Crippen LogP contribution is -2.48. The van der Waals surface area contributed by atoms with Gasteiger partial charge in [-0.25, -0.2) is 0 Å². The highest BCUT2D eigenvalue weighted by molar-refractivity contribution is 7.12. The molecule has 2 aliphatic rings. The molecule has 1 fully saturated rings. The maximum atomic E-state index is 12.7. The van der Waals surface area contributed by atoms with Crippen molar-refractivity contribution in [3.05, 3.63) is 51.7 Å². The molecule has 1 aromatic carbocycles. The fourth-order valence-electron chi connectivity index (χ4n) is 3.68.